The summed E-state index contributed by atoms with van der Waals surface area (Å²) in [5, 5.41) is 6.24. The number of rotatable bonds is 10. The Morgan fingerprint density at radius 3 is 2.57 bits per heavy atom. The van der Waals surface area contributed by atoms with Crippen LogP contribution in [0.1, 0.15) is 31.4 Å². The van der Waals surface area contributed by atoms with Crippen LogP contribution in [-0.4, -0.2) is 51.8 Å². The second-order valence-electron chi connectivity index (χ2n) is 6.59. The maximum Gasteiger partial charge on any atom is 0.411 e. The molecule has 0 saturated carbocycles. The van der Waals surface area contributed by atoms with Crippen molar-refractivity contribution in [2.75, 3.05) is 25.2 Å². The number of benzene rings is 1. The van der Waals surface area contributed by atoms with E-state index in [-0.39, 0.29) is 18.4 Å². The number of aliphatic imine (C=N–C) groups is 1. The van der Waals surface area contributed by atoms with E-state index in [4.69, 9.17) is 0 Å². The molecule has 0 heterocycles. The third kappa shape index (κ3) is 11.8. The Hall–Kier alpha value is -1.81. The largest absolute Gasteiger partial charge is 0.411 e. The maximum atomic E-state index is 12.2. The van der Waals surface area contributed by atoms with Crippen molar-refractivity contribution in [2.45, 2.75) is 45.6 Å². The number of ether oxygens (including phenoxy) is 1. The lowest BCUT2D eigenvalue weighted by Crippen LogP contribution is -2.42. The molecule has 6 nitrogen and oxygen atoms in total. The summed E-state index contributed by atoms with van der Waals surface area (Å²) < 4.78 is 63.7. The predicted molar refractivity (Wildman–Crippen MR) is 104 cm³/mol. The molecule has 1 unspecified atom stereocenters. The van der Waals surface area contributed by atoms with Crippen LogP contribution in [0.5, 0.6) is 0 Å². The molecule has 0 aromatic heterocycles. The van der Waals surface area contributed by atoms with E-state index in [0.717, 1.165) is 5.56 Å². The Kier molecular flexibility index (Phi) is 9.74. The van der Waals surface area contributed by atoms with Crippen molar-refractivity contribution in [1.29, 1.82) is 0 Å². The fraction of sp³-hybridized carbons (Fsp3) is 0.611. The second kappa shape index (κ2) is 11.3. The molecule has 0 aliphatic heterocycles. The topological polar surface area (TPSA) is 79.8 Å². The van der Waals surface area contributed by atoms with Crippen LogP contribution in [0.2, 0.25) is 0 Å². The van der Waals surface area contributed by atoms with E-state index < -0.39 is 22.6 Å². The summed E-state index contributed by atoms with van der Waals surface area (Å²) in [6.07, 6.45) is -2.69. The van der Waals surface area contributed by atoms with Crippen molar-refractivity contribution in [2.24, 2.45) is 4.99 Å². The molecule has 160 valence electrons. The molecule has 1 aromatic rings. The summed E-state index contributed by atoms with van der Waals surface area (Å²) in [6, 6.07) is 6.92. The average Bonchev–Trinajstić information content (AvgIpc) is 2.57. The van der Waals surface area contributed by atoms with Crippen LogP contribution in [0, 0.1) is 0 Å². The zero-order valence-electron chi connectivity index (χ0n) is 16.3. The zero-order valence-corrected chi connectivity index (χ0v) is 17.2. The first kappa shape index (κ1) is 24.2. The van der Waals surface area contributed by atoms with Crippen molar-refractivity contribution in [1.82, 2.24) is 10.6 Å². The molecule has 0 aliphatic carbocycles. The Morgan fingerprint density at radius 2 is 1.96 bits per heavy atom. The highest BCUT2D eigenvalue weighted by Gasteiger charge is 2.27. The standard InChI is InChI=1S/C18H28F3N3O3S/c1-4-22-17(24-14(2)8-9-28(3,25)26)23-11-15-6-5-7-16(10-15)12-27-13-18(19,20)21/h5-7,10,14H,4,8-9,11-13H2,1-3H3,(H2,22,23,24). The van der Waals surface area contributed by atoms with Gasteiger partial charge in [0, 0.05) is 18.8 Å². The highest BCUT2D eigenvalue weighted by molar-refractivity contribution is 7.90. The predicted octanol–water partition coefficient (Wildman–Crippen LogP) is 2.64. The van der Waals surface area contributed by atoms with Crippen LogP contribution in [-0.2, 0) is 27.7 Å². The van der Waals surface area contributed by atoms with Gasteiger partial charge in [-0.1, -0.05) is 24.3 Å². The molecule has 0 bridgehead atoms. The van der Waals surface area contributed by atoms with Crippen LogP contribution in [0.25, 0.3) is 0 Å². The molecule has 10 heteroatoms. The van der Waals surface area contributed by atoms with Crippen LogP contribution in [0.15, 0.2) is 29.3 Å². The lowest BCUT2D eigenvalue weighted by atomic mass is 10.1. The molecule has 2 N–H and O–H groups in total. The van der Waals surface area contributed by atoms with Crippen molar-refractivity contribution >= 4 is 15.8 Å². The molecule has 1 rings (SSSR count). The molecule has 0 spiro atoms. The zero-order chi connectivity index (χ0) is 21.2. The number of sulfone groups is 1. The number of alkyl halides is 3. The van der Waals surface area contributed by atoms with Crippen LogP contribution >= 0.6 is 0 Å². The third-order valence-electron chi connectivity index (χ3n) is 3.59. The minimum absolute atomic E-state index is 0.0839. The van der Waals surface area contributed by atoms with E-state index in [9.17, 15) is 21.6 Å². The monoisotopic (exact) mass is 423 g/mol. The first-order chi connectivity index (χ1) is 13.0. The van der Waals surface area contributed by atoms with E-state index in [1.54, 1.807) is 18.2 Å². The number of guanidine groups is 1. The molecule has 1 atom stereocenters. The van der Waals surface area contributed by atoms with Crippen LogP contribution in [0.3, 0.4) is 0 Å². The summed E-state index contributed by atoms with van der Waals surface area (Å²) in [4.78, 5) is 4.45. The minimum atomic E-state index is -4.35. The van der Waals surface area contributed by atoms with Crippen LogP contribution in [0.4, 0.5) is 13.2 Å². The molecule has 28 heavy (non-hydrogen) atoms. The first-order valence-electron chi connectivity index (χ1n) is 8.93. The summed E-state index contributed by atoms with van der Waals surface area (Å²) in [5.74, 6) is 0.628. The lowest BCUT2D eigenvalue weighted by molar-refractivity contribution is -0.176. The van der Waals surface area contributed by atoms with Gasteiger partial charge in [0.2, 0.25) is 0 Å². The Labute approximate surface area is 164 Å². The van der Waals surface area contributed by atoms with Gasteiger partial charge in [-0.3, -0.25) is 0 Å². The van der Waals surface area contributed by atoms with Gasteiger partial charge < -0.3 is 15.4 Å². The third-order valence-corrected chi connectivity index (χ3v) is 4.57. The number of nitrogens with zero attached hydrogens (tertiary/aromatic N) is 1. The molecule has 0 fully saturated rings. The molecular formula is C18H28F3N3O3S. The van der Waals surface area contributed by atoms with E-state index in [1.807, 2.05) is 19.9 Å². The van der Waals surface area contributed by atoms with E-state index in [2.05, 4.69) is 20.4 Å². The van der Waals surface area contributed by atoms with Crippen molar-refractivity contribution in [3.05, 3.63) is 35.4 Å². The fourth-order valence-corrected chi connectivity index (χ4v) is 3.07. The van der Waals surface area contributed by atoms with Gasteiger partial charge >= 0.3 is 6.18 Å². The molecule has 0 saturated heterocycles. The SMILES string of the molecule is CCNC(=NCc1cccc(COCC(F)(F)F)c1)NC(C)CCS(C)(=O)=O. The van der Waals surface area contributed by atoms with Crippen molar-refractivity contribution in [3.63, 3.8) is 0 Å². The Balaban J connectivity index is 2.64. The van der Waals surface area contributed by atoms with Gasteiger partial charge in [0.05, 0.1) is 18.9 Å². The smallest absolute Gasteiger partial charge is 0.367 e. The van der Waals surface area contributed by atoms with Gasteiger partial charge in [0.25, 0.3) is 0 Å². The normalized spacial score (nSPS) is 14.0. The van der Waals surface area contributed by atoms with Gasteiger partial charge in [-0.05, 0) is 31.4 Å². The van der Waals surface area contributed by atoms with Gasteiger partial charge in [-0.2, -0.15) is 13.2 Å². The van der Waals surface area contributed by atoms with Crippen molar-refractivity contribution in [3.8, 4) is 0 Å². The quantitative estimate of drug-likeness (QED) is 0.447. The average molecular weight is 424 g/mol. The van der Waals surface area contributed by atoms with Gasteiger partial charge in [-0.25, -0.2) is 13.4 Å². The Morgan fingerprint density at radius 1 is 1.29 bits per heavy atom. The highest BCUT2D eigenvalue weighted by atomic mass is 32.2. The van der Waals surface area contributed by atoms with E-state index >= 15 is 0 Å². The summed E-state index contributed by atoms with van der Waals surface area (Å²) in [6.45, 7) is 3.33. The first-order valence-corrected chi connectivity index (χ1v) is 11.0. The van der Waals surface area contributed by atoms with Gasteiger partial charge in [0.1, 0.15) is 16.4 Å². The molecule has 0 amide bonds. The van der Waals surface area contributed by atoms with E-state index in [1.165, 1.54) is 6.26 Å². The molecule has 0 radical (unpaired) electrons. The lowest BCUT2D eigenvalue weighted by Gasteiger charge is -2.17. The molecule has 0 aliphatic rings. The van der Waals surface area contributed by atoms with E-state index in [0.29, 0.717) is 31.0 Å². The van der Waals surface area contributed by atoms with Crippen LogP contribution < -0.4 is 10.6 Å². The maximum absolute atomic E-state index is 12.2. The number of halogens is 3. The molecular weight excluding hydrogens is 395 g/mol. The number of nitrogens with one attached hydrogen (secondary N) is 2. The summed E-state index contributed by atoms with van der Waals surface area (Å²) >= 11 is 0. The van der Waals surface area contributed by atoms with Gasteiger partial charge in [0.15, 0.2) is 5.96 Å². The van der Waals surface area contributed by atoms with Crippen molar-refractivity contribution < 1.29 is 26.3 Å². The summed E-state index contributed by atoms with van der Waals surface area (Å²) in [7, 11) is -3.03. The fourth-order valence-electron chi connectivity index (χ4n) is 2.29. The number of hydrogen-bond donors (Lipinski definition) is 2. The second-order valence-corrected chi connectivity index (χ2v) is 8.85. The summed E-state index contributed by atoms with van der Waals surface area (Å²) in [5.41, 5.74) is 1.46. The number of hydrogen-bond acceptors (Lipinski definition) is 4. The Bertz CT molecular complexity index is 737. The highest BCUT2D eigenvalue weighted by Crippen LogP contribution is 2.16. The molecule has 1 aromatic carbocycles. The van der Waals surface area contributed by atoms with Gasteiger partial charge in [-0.15, -0.1) is 0 Å². The minimum Gasteiger partial charge on any atom is -0.367 e.